The largest absolute Gasteiger partial charge is 0.475 e. The molecule has 4 rings (SSSR count). The standard InChI is InChI=1S/C22H27N7O2/c1-14(2)31-22-17(6-5-7-23-22)10-24-21(30)18-11-28(12-18)19-9-20(26-13-25-19)29-16(4)8-15(3)27-29/h5-9,13-14,18H,10-12H2,1-4H3,(H,24,30). The van der Waals surface area contributed by atoms with Gasteiger partial charge in [-0.25, -0.2) is 19.6 Å². The number of carbonyl (C=O) groups is 1. The lowest BCUT2D eigenvalue weighted by Gasteiger charge is -2.39. The first-order valence-electron chi connectivity index (χ1n) is 10.4. The Morgan fingerprint density at radius 1 is 1.19 bits per heavy atom. The number of ether oxygens (including phenoxy) is 1. The van der Waals surface area contributed by atoms with Crippen molar-refractivity contribution in [3.63, 3.8) is 0 Å². The monoisotopic (exact) mass is 421 g/mol. The van der Waals surface area contributed by atoms with Gasteiger partial charge in [0.25, 0.3) is 0 Å². The van der Waals surface area contributed by atoms with Crippen LogP contribution in [0.5, 0.6) is 5.88 Å². The molecular weight excluding hydrogens is 394 g/mol. The van der Waals surface area contributed by atoms with E-state index in [4.69, 9.17) is 4.74 Å². The van der Waals surface area contributed by atoms with Gasteiger partial charge in [0.05, 0.1) is 17.7 Å². The summed E-state index contributed by atoms with van der Waals surface area (Å²) in [7, 11) is 0. The van der Waals surface area contributed by atoms with Crippen molar-refractivity contribution in [3.05, 3.63) is 53.7 Å². The number of anilines is 1. The van der Waals surface area contributed by atoms with Crippen molar-refractivity contribution in [2.45, 2.75) is 40.3 Å². The van der Waals surface area contributed by atoms with Gasteiger partial charge in [-0.05, 0) is 39.8 Å². The number of hydrogen-bond donors (Lipinski definition) is 1. The molecule has 0 bridgehead atoms. The zero-order valence-corrected chi connectivity index (χ0v) is 18.2. The third-order valence-corrected chi connectivity index (χ3v) is 5.09. The summed E-state index contributed by atoms with van der Waals surface area (Å²) >= 11 is 0. The van der Waals surface area contributed by atoms with Crippen molar-refractivity contribution in [2.75, 3.05) is 18.0 Å². The van der Waals surface area contributed by atoms with Crippen LogP contribution in [0.2, 0.25) is 0 Å². The second kappa shape index (κ2) is 8.71. The third kappa shape index (κ3) is 4.65. The lowest BCUT2D eigenvalue weighted by atomic mass is 9.99. The Bertz CT molecular complexity index is 1070. The number of carbonyl (C=O) groups excluding carboxylic acids is 1. The normalized spacial score (nSPS) is 13.9. The Balaban J connectivity index is 1.34. The van der Waals surface area contributed by atoms with Crippen molar-refractivity contribution in [1.29, 1.82) is 0 Å². The summed E-state index contributed by atoms with van der Waals surface area (Å²) in [4.78, 5) is 27.6. The van der Waals surface area contributed by atoms with E-state index in [0.717, 1.165) is 28.6 Å². The van der Waals surface area contributed by atoms with E-state index in [9.17, 15) is 4.79 Å². The lowest BCUT2D eigenvalue weighted by Crippen LogP contribution is -2.54. The van der Waals surface area contributed by atoms with Gasteiger partial charge in [0, 0.05) is 43.2 Å². The van der Waals surface area contributed by atoms with Gasteiger partial charge in [-0.2, -0.15) is 5.10 Å². The van der Waals surface area contributed by atoms with Gasteiger partial charge in [0.1, 0.15) is 12.1 Å². The van der Waals surface area contributed by atoms with Gasteiger partial charge in [-0.15, -0.1) is 0 Å². The number of amides is 1. The van der Waals surface area contributed by atoms with Crippen LogP contribution >= 0.6 is 0 Å². The van der Waals surface area contributed by atoms with Crippen molar-refractivity contribution in [1.82, 2.24) is 30.0 Å². The Kier molecular flexibility index (Phi) is 5.83. The van der Waals surface area contributed by atoms with E-state index in [1.54, 1.807) is 10.9 Å². The molecule has 0 atom stereocenters. The van der Waals surface area contributed by atoms with E-state index in [1.165, 1.54) is 6.33 Å². The van der Waals surface area contributed by atoms with Crippen molar-refractivity contribution in [3.8, 4) is 11.7 Å². The third-order valence-electron chi connectivity index (χ3n) is 5.09. The molecule has 0 aliphatic carbocycles. The maximum atomic E-state index is 12.6. The number of pyridine rings is 1. The van der Waals surface area contributed by atoms with E-state index < -0.39 is 0 Å². The van der Waals surface area contributed by atoms with Crippen LogP contribution in [-0.2, 0) is 11.3 Å². The first-order valence-corrected chi connectivity index (χ1v) is 10.4. The average molecular weight is 422 g/mol. The number of aromatic nitrogens is 5. The molecule has 0 spiro atoms. The predicted octanol–water partition coefficient (Wildman–Crippen LogP) is 2.21. The molecule has 1 N–H and O–H groups in total. The minimum Gasteiger partial charge on any atom is -0.475 e. The predicted molar refractivity (Wildman–Crippen MR) is 116 cm³/mol. The summed E-state index contributed by atoms with van der Waals surface area (Å²) in [6.07, 6.45) is 3.25. The number of hydrogen-bond acceptors (Lipinski definition) is 7. The topological polar surface area (TPSA) is 98.1 Å². The van der Waals surface area contributed by atoms with Crippen molar-refractivity contribution < 1.29 is 9.53 Å². The number of nitrogens with zero attached hydrogens (tertiary/aromatic N) is 6. The van der Waals surface area contributed by atoms with Crippen LogP contribution in [0.25, 0.3) is 5.82 Å². The van der Waals surface area contributed by atoms with E-state index in [-0.39, 0.29) is 17.9 Å². The highest BCUT2D eigenvalue weighted by atomic mass is 16.5. The zero-order chi connectivity index (χ0) is 22.0. The van der Waals surface area contributed by atoms with Gasteiger partial charge in [0.15, 0.2) is 5.82 Å². The fourth-order valence-corrected chi connectivity index (χ4v) is 3.53. The van der Waals surface area contributed by atoms with E-state index >= 15 is 0 Å². The fourth-order valence-electron chi connectivity index (χ4n) is 3.53. The number of nitrogens with one attached hydrogen (secondary N) is 1. The van der Waals surface area contributed by atoms with Gasteiger partial charge in [0.2, 0.25) is 11.8 Å². The summed E-state index contributed by atoms with van der Waals surface area (Å²) in [5, 5.41) is 7.48. The molecule has 9 nitrogen and oxygen atoms in total. The highest BCUT2D eigenvalue weighted by Gasteiger charge is 2.33. The minimum atomic E-state index is -0.0850. The maximum absolute atomic E-state index is 12.6. The van der Waals surface area contributed by atoms with Crippen LogP contribution in [0.15, 0.2) is 36.8 Å². The molecule has 0 saturated carbocycles. The first-order chi connectivity index (χ1) is 14.9. The Hall–Kier alpha value is -3.49. The van der Waals surface area contributed by atoms with Crippen LogP contribution in [-0.4, -0.2) is 49.8 Å². The summed E-state index contributed by atoms with van der Waals surface area (Å²) in [6.45, 7) is 9.46. The second-order valence-corrected chi connectivity index (χ2v) is 8.03. The van der Waals surface area contributed by atoms with Gasteiger partial charge < -0.3 is 15.0 Å². The molecule has 9 heteroatoms. The molecule has 1 fully saturated rings. The van der Waals surface area contributed by atoms with E-state index in [2.05, 4.69) is 30.3 Å². The molecule has 0 aromatic carbocycles. The van der Waals surface area contributed by atoms with Gasteiger partial charge >= 0.3 is 0 Å². The van der Waals surface area contributed by atoms with Crippen molar-refractivity contribution in [2.24, 2.45) is 5.92 Å². The molecule has 3 aromatic rings. The summed E-state index contributed by atoms with van der Waals surface area (Å²) in [6, 6.07) is 7.67. The van der Waals surface area contributed by atoms with Gasteiger partial charge in [-0.3, -0.25) is 4.79 Å². The maximum Gasteiger partial charge on any atom is 0.226 e. The Morgan fingerprint density at radius 2 is 1.97 bits per heavy atom. The molecule has 31 heavy (non-hydrogen) atoms. The molecule has 0 radical (unpaired) electrons. The van der Waals surface area contributed by atoms with E-state index in [0.29, 0.717) is 25.5 Å². The Morgan fingerprint density at radius 3 is 2.68 bits per heavy atom. The Labute approximate surface area is 181 Å². The molecule has 1 amide bonds. The first kappa shape index (κ1) is 20.8. The molecule has 1 aliphatic rings. The second-order valence-electron chi connectivity index (χ2n) is 8.03. The van der Waals surface area contributed by atoms with Crippen LogP contribution in [0, 0.1) is 19.8 Å². The highest BCUT2D eigenvalue weighted by molar-refractivity contribution is 5.81. The molecule has 1 saturated heterocycles. The molecule has 3 aromatic heterocycles. The van der Waals surface area contributed by atoms with E-state index in [1.807, 2.05) is 52.0 Å². The smallest absolute Gasteiger partial charge is 0.226 e. The molecule has 162 valence electrons. The van der Waals surface area contributed by atoms with Crippen LogP contribution in [0.1, 0.15) is 30.8 Å². The number of rotatable bonds is 7. The highest BCUT2D eigenvalue weighted by Crippen LogP contribution is 2.24. The quantitative estimate of drug-likeness (QED) is 0.625. The zero-order valence-electron chi connectivity index (χ0n) is 18.2. The van der Waals surface area contributed by atoms with Crippen molar-refractivity contribution >= 4 is 11.7 Å². The summed E-state index contributed by atoms with van der Waals surface area (Å²) in [5.74, 6) is 2.01. The molecule has 0 unspecified atom stereocenters. The summed E-state index contributed by atoms with van der Waals surface area (Å²) < 4.78 is 7.52. The lowest BCUT2D eigenvalue weighted by molar-refractivity contribution is -0.125. The van der Waals surface area contributed by atoms with Crippen LogP contribution in [0.3, 0.4) is 0 Å². The molecular formula is C22H27N7O2. The summed E-state index contributed by atoms with van der Waals surface area (Å²) in [5.41, 5.74) is 2.82. The minimum absolute atomic E-state index is 0.0171. The number of aryl methyl sites for hydroxylation is 2. The van der Waals surface area contributed by atoms with Crippen LogP contribution < -0.4 is 15.0 Å². The van der Waals surface area contributed by atoms with Crippen LogP contribution in [0.4, 0.5) is 5.82 Å². The molecule has 1 aliphatic heterocycles. The van der Waals surface area contributed by atoms with Gasteiger partial charge in [-0.1, -0.05) is 6.07 Å². The SMILES string of the molecule is Cc1cc(C)n(-c2cc(N3CC(C(=O)NCc4cccnc4OC(C)C)C3)ncn2)n1. The molecule has 4 heterocycles. The average Bonchev–Trinajstić information content (AvgIpc) is 3.04. The fraction of sp³-hybridized carbons (Fsp3) is 0.409.